The predicted molar refractivity (Wildman–Crippen MR) is 99.9 cm³/mol. The highest BCUT2D eigenvalue weighted by molar-refractivity contribution is 5.76. The van der Waals surface area contributed by atoms with Crippen molar-refractivity contribution in [3.8, 4) is 0 Å². The first-order valence-electron chi connectivity index (χ1n) is 9.03. The van der Waals surface area contributed by atoms with E-state index in [2.05, 4.69) is 51.7 Å². The van der Waals surface area contributed by atoms with Crippen molar-refractivity contribution in [3.63, 3.8) is 0 Å². The van der Waals surface area contributed by atoms with Gasteiger partial charge in [0.1, 0.15) is 0 Å². The lowest BCUT2D eigenvalue weighted by Crippen LogP contribution is -2.24. The number of aryl methyl sites for hydroxylation is 1. The van der Waals surface area contributed by atoms with E-state index in [1.165, 1.54) is 11.1 Å². The van der Waals surface area contributed by atoms with E-state index >= 15 is 0 Å². The van der Waals surface area contributed by atoms with Crippen LogP contribution in [0.3, 0.4) is 0 Å². The van der Waals surface area contributed by atoms with Crippen LogP contribution in [0.2, 0.25) is 0 Å². The van der Waals surface area contributed by atoms with Gasteiger partial charge in [-0.1, -0.05) is 37.3 Å². The number of aliphatic hydroxyl groups excluding tert-OH is 1. The summed E-state index contributed by atoms with van der Waals surface area (Å²) < 4.78 is 2.27. The molecule has 5 nitrogen and oxygen atoms in total. The van der Waals surface area contributed by atoms with E-state index in [1.807, 2.05) is 12.3 Å². The Bertz CT molecular complexity index is 859. The molecule has 25 heavy (non-hydrogen) atoms. The number of imidazole rings is 1. The number of hydrogen-bond acceptors (Lipinski definition) is 4. The molecule has 0 saturated carbocycles. The summed E-state index contributed by atoms with van der Waals surface area (Å²) in [4.78, 5) is 11.7. The summed E-state index contributed by atoms with van der Waals surface area (Å²) in [7, 11) is 0. The molecule has 0 spiro atoms. The number of pyridine rings is 1. The standard InChI is InChI=1S/C20H24N4O/c1-2-15-10-18-19(21-11-15)22-20(23-9-8-17(12-23)14-25)24(18)13-16-6-4-3-5-7-16/h3-7,10-11,17,25H,2,8-9,12-14H2,1H3/t17-/m0/s1. The Hall–Kier alpha value is -2.40. The van der Waals surface area contributed by atoms with Gasteiger partial charge in [-0.3, -0.25) is 0 Å². The molecule has 5 heteroatoms. The van der Waals surface area contributed by atoms with Gasteiger partial charge in [0.25, 0.3) is 0 Å². The average molecular weight is 336 g/mol. The molecule has 4 rings (SSSR count). The Morgan fingerprint density at radius 1 is 1.20 bits per heavy atom. The molecule has 1 aliphatic heterocycles. The number of aliphatic hydroxyl groups is 1. The van der Waals surface area contributed by atoms with Crippen LogP contribution in [0.15, 0.2) is 42.6 Å². The van der Waals surface area contributed by atoms with Crippen LogP contribution in [-0.4, -0.2) is 39.3 Å². The number of benzene rings is 1. The van der Waals surface area contributed by atoms with Crippen molar-refractivity contribution in [2.24, 2.45) is 5.92 Å². The molecule has 0 aliphatic carbocycles. The largest absolute Gasteiger partial charge is 0.396 e. The van der Waals surface area contributed by atoms with Crippen LogP contribution in [0.4, 0.5) is 5.95 Å². The minimum atomic E-state index is 0.244. The molecule has 0 radical (unpaired) electrons. The summed E-state index contributed by atoms with van der Waals surface area (Å²) in [5.74, 6) is 1.31. The maximum absolute atomic E-state index is 9.48. The molecule has 1 aliphatic rings. The highest BCUT2D eigenvalue weighted by Gasteiger charge is 2.26. The number of fused-ring (bicyclic) bond motifs is 1. The topological polar surface area (TPSA) is 54.2 Å². The zero-order valence-corrected chi connectivity index (χ0v) is 14.6. The third-order valence-electron chi connectivity index (χ3n) is 5.06. The van der Waals surface area contributed by atoms with E-state index in [1.54, 1.807) is 0 Å². The van der Waals surface area contributed by atoms with E-state index in [-0.39, 0.29) is 6.61 Å². The summed E-state index contributed by atoms with van der Waals surface area (Å²) in [5.41, 5.74) is 4.37. The van der Waals surface area contributed by atoms with Gasteiger partial charge < -0.3 is 14.6 Å². The van der Waals surface area contributed by atoms with Crippen LogP contribution < -0.4 is 4.90 Å². The lowest BCUT2D eigenvalue weighted by Gasteiger charge is -2.19. The normalized spacial score (nSPS) is 17.5. The smallest absolute Gasteiger partial charge is 0.208 e. The molecule has 3 aromatic rings. The van der Waals surface area contributed by atoms with E-state index in [0.717, 1.165) is 49.6 Å². The van der Waals surface area contributed by atoms with E-state index in [4.69, 9.17) is 4.98 Å². The Balaban J connectivity index is 1.79. The number of aromatic nitrogens is 3. The lowest BCUT2D eigenvalue weighted by molar-refractivity contribution is 0.238. The molecule has 1 aromatic carbocycles. The number of rotatable bonds is 5. The van der Waals surface area contributed by atoms with E-state index < -0.39 is 0 Å². The van der Waals surface area contributed by atoms with Crippen molar-refractivity contribution in [2.75, 3.05) is 24.6 Å². The first-order chi connectivity index (χ1) is 12.3. The van der Waals surface area contributed by atoms with Crippen molar-refractivity contribution in [2.45, 2.75) is 26.3 Å². The quantitative estimate of drug-likeness (QED) is 0.778. The highest BCUT2D eigenvalue weighted by atomic mass is 16.3. The fourth-order valence-corrected chi connectivity index (χ4v) is 3.56. The molecular formula is C20H24N4O. The van der Waals surface area contributed by atoms with Crippen molar-refractivity contribution in [1.29, 1.82) is 0 Å². The van der Waals surface area contributed by atoms with Crippen LogP contribution in [0.25, 0.3) is 11.2 Å². The molecule has 1 fully saturated rings. The van der Waals surface area contributed by atoms with Gasteiger partial charge in [-0.05, 0) is 30.0 Å². The molecule has 1 atom stereocenters. The zero-order chi connectivity index (χ0) is 17.2. The van der Waals surface area contributed by atoms with E-state index in [0.29, 0.717) is 5.92 Å². The van der Waals surface area contributed by atoms with Gasteiger partial charge in [0, 0.05) is 31.8 Å². The van der Waals surface area contributed by atoms with Gasteiger partial charge in [0.15, 0.2) is 5.65 Å². The van der Waals surface area contributed by atoms with Gasteiger partial charge >= 0.3 is 0 Å². The average Bonchev–Trinajstić information content (AvgIpc) is 3.27. The molecular weight excluding hydrogens is 312 g/mol. The van der Waals surface area contributed by atoms with Crippen LogP contribution in [-0.2, 0) is 13.0 Å². The number of anilines is 1. The van der Waals surface area contributed by atoms with Crippen molar-refractivity contribution in [3.05, 3.63) is 53.7 Å². The molecule has 0 unspecified atom stereocenters. The summed E-state index contributed by atoms with van der Waals surface area (Å²) >= 11 is 0. The lowest BCUT2D eigenvalue weighted by atomic mass is 10.1. The van der Waals surface area contributed by atoms with Crippen molar-refractivity contribution in [1.82, 2.24) is 14.5 Å². The monoisotopic (exact) mass is 336 g/mol. The second kappa shape index (κ2) is 6.84. The van der Waals surface area contributed by atoms with E-state index in [9.17, 15) is 5.11 Å². The Morgan fingerprint density at radius 3 is 2.76 bits per heavy atom. The van der Waals surface area contributed by atoms with Crippen LogP contribution in [0.1, 0.15) is 24.5 Å². The fourth-order valence-electron chi connectivity index (χ4n) is 3.56. The van der Waals surface area contributed by atoms with Crippen molar-refractivity contribution >= 4 is 17.1 Å². The third kappa shape index (κ3) is 3.12. The Morgan fingerprint density at radius 2 is 2.04 bits per heavy atom. The zero-order valence-electron chi connectivity index (χ0n) is 14.6. The summed E-state index contributed by atoms with van der Waals surface area (Å²) in [6, 6.07) is 12.7. The molecule has 3 heterocycles. The summed E-state index contributed by atoms with van der Waals surface area (Å²) in [5, 5.41) is 9.48. The maximum Gasteiger partial charge on any atom is 0.208 e. The first kappa shape index (κ1) is 16.1. The first-order valence-corrected chi connectivity index (χ1v) is 9.03. The van der Waals surface area contributed by atoms with Gasteiger partial charge in [-0.25, -0.2) is 4.98 Å². The van der Waals surface area contributed by atoms with Crippen molar-refractivity contribution < 1.29 is 5.11 Å². The number of hydrogen-bond donors (Lipinski definition) is 1. The van der Waals surface area contributed by atoms with Crippen LogP contribution in [0, 0.1) is 5.92 Å². The SMILES string of the molecule is CCc1cnc2nc(N3CC[C@H](CO)C3)n(Cc3ccccc3)c2c1. The van der Waals surface area contributed by atoms with Crippen LogP contribution in [0.5, 0.6) is 0 Å². The van der Waals surface area contributed by atoms with Gasteiger partial charge in [-0.15, -0.1) is 0 Å². The number of nitrogens with zero attached hydrogens (tertiary/aromatic N) is 4. The molecule has 0 amide bonds. The minimum Gasteiger partial charge on any atom is -0.396 e. The molecule has 2 aromatic heterocycles. The van der Waals surface area contributed by atoms with Gasteiger partial charge in [0.05, 0.1) is 12.1 Å². The predicted octanol–water partition coefficient (Wildman–Crippen LogP) is 2.86. The molecule has 1 N–H and O–H groups in total. The molecule has 130 valence electrons. The Labute approximate surface area is 147 Å². The summed E-state index contributed by atoms with van der Waals surface area (Å²) in [6.07, 6.45) is 3.90. The molecule has 0 bridgehead atoms. The third-order valence-corrected chi connectivity index (χ3v) is 5.06. The second-order valence-electron chi connectivity index (χ2n) is 6.81. The van der Waals surface area contributed by atoms with Gasteiger partial charge in [-0.2, -0.15) is 4.98 Å². The van der Waals surface area contributed by atoms with Gasteiger partial charge in [0.2, 0.25) is 5.95 Å². The van der Waals surface area contributed by atoms with Crippen LogP contribution >= 0.6 is 0 Å². The molecule has 1 saturated heterocycles. The maximum atomic E-state index is 9.48. The second-order valence-corrected chi connectivity index (χ2v) is 6.81. The fraction of sp³-hybridized carbons (Fsp3) is 0.400. The Kier molecular flexibility index (Phi) is 4.40. The summed E-state index contributed by atoms with van der Waals surface area (Å²) in [6.45, 7) is 4.96. The minimum absolute atomic E-state index is 0.244. The highest BCUT2D eigenvalue weighted by Crippen LogP contribution is 2.28.